The zero-order valence-corrected chi connectivity index (χ0v) is 17.7. The Morgan fingerprint density at radius 1 is 1.07 bits per heavy atom. The normalized spacial score (nSPS) is 12.9. The number of nitrogens with zero attached hydrogens (tertiary/aromatic N) is 1. The van der Waals surface area contributed by atoms with Crippen LogP contribution in [0, 0.1) is 12.7 Å². The van der Waals surface area contributed by atoms with Crippen molar-refractivity contribution in [3.05, 3.63) is 71.0 Å². The summed E-state index contributed by atoms with van der Waals surface area (Å²) >= 11 is 0. The highest BCUT2D eigenvalue weighted by Crippen LogP contribution is 2.17. The molecule has 0 fully saturated rings. The van der Waals surface area contributed by atoms with E-state index >= 15 is 0 Å². The van der Waals surface area contributed by atoms with Crippen LogP contribution in [0.2, 0.25) is 0 Å². The molecule has 0 unspecified atom stereocenters. The summed E-state index contributed by atoms with van der Waals surface area (Å²) in [5.74, 6) is -0.840. The van der Waals surface area contributed by atoms with E-state index in [2.05, 4.69) is 5.32 Å². The van der Waals surface area contributed by atoms with Crippen molar-refractivity contribution in [2.24, 2.45) is 0 Å². The maximum absolute atomic E-state index is 14.1. The first kappa shape index (κ1) is 22.6. The molecule has 5 heteroatoms. The van der Waals surface area contributed by atoms with Gasteiger partial charge in [0.25, 0.3) is 0 Å². The monoisotopic (exact) mass is 398 g/mol. The smallest absolute Gasteiger partial charge is 0.243 e. The first-order valence-corrected chi connectivity index (χ1v) is 10.2. The summed E-state index contributed by atoms with van der Waals surface area (Å²) in [7, 11) is 0. The number of amides is 2. The number of rotatable bonds is 9. The molecule has 2 aromatic rings. The molecule has 0 saturated carbocycles. The van der Waals surface area contributed by atoms with Crippen molar-refractivity contribution in [1.29, 1.82) is 0 Å². The second-order valence-electron chi connectivity index (χ2n) is 7.52. The van der Waals surface area contributed by atoms with Crippen molar-refractivity contribution in [2.75, 3.05) is 0 Å². The molecular weight excluding hydrogens is 367 g/mol. The number of hydrogen-bond donors (Lipinski definition) is 1. The van der Waals surface area contributed by atoms with Crippen molar-refractivity contribution in [3.63, 3.8) is 0 Å². The van der Waals surface area contributed by atoms with Crippen molar-refractivity contribution in [2.45, 2.75) is 65.6 Å². The highest BCUT2D eigenvalue weighted by molar-refractivity contribution is 5.88. The summed E-state index contributed by atoms with van der Waals surface area (Å²) in [4.78, 5) is 27.7. The van der Waals surface area contributed by atoms with Gasteiger partial charge >= 0.3 is 0 Å². The van der Waals surface area contributed by atoms with Crippen LogP contribution in [0.1, 0.15) is 50.3 Å². The van der Waals surface area contributed by atoms with Gasteiger partial charge < -0.3 is 10.2 Å². The Balaban J connectivity index is 2.31. The number of halogens is 1. The van der Waals surface area contributed by atoms with Gasteiger partial charge in [0, 0.05) is 12.6 Å². The second-order valence-corrected chi connectivity index (χ2v) is 7.52. The minimum absolute atomic E-state index is 0.0269. The maximum Gasteiger partial charge on any atom is 0.243 e. The van der Waals surface area contributed by atoms with Crippen LogP contribution in [-0.4, -0.2) is 28.8 Å². The van der Waals surface area contributed by atoms with Crippen molar-refractivity contribution < 1.29 is 14.0 Å². The van der Waals surface area contributed by atoms with Gasteiger partial charge in [-0.25, -0.2) is 4.39 Å². The Morgan fingerprint density at radius 3 is 2.41 bits per heavy atom. The van der Waals surface area contributed by atoms with Crippen LogP contribution in [0.5, 0.6) is 0 Å². The Bertz CT molecular complexity index is 837. The second kappa shape index (κ2) is 10.7. The van der Waals surface area contributed by atoms with Gasteiger partial charge in [0.05, 0.1) is 6.42 Å². The van der Waals surface area contributed by atoms with E-state index < -0.39 is 11.9 Å². The Morgan fingerprint density at radius 2 is 1.79 bits per heavy atom. The highest BCUT2D eigenvalue weighted by atomic mass is 19.1. The fourth-order valence-corrected chi connectivity index (χ4v) is 3.27. The Hall–Kier alpha value is -2.69. The standard InChI is InChI=1S/C24H31FN2O2/c1-5-18(4)26-24(29)22(6-2)27(16-19-11-9-10-17(3)14-19)23(28)15-20-12-7-8-13-21(20)25/h7-14,18,22H,5-6,15-16H2,1-4H3,(H,26,29)/t18-,22+/m1/s1. The molecule has 29 heavy (non-hydrogen) atoms. The minimum Gasteiger partial charge on any atom is -0.352 e. The van der Waals surface area contributed by atoms with E-state index in [9.17, 15) is 14.0 Å². The van der Waals surface area contributed by atoms with Gasteiger partial charge in [-0.15, -0.1) is 0 Å². The predicted molar refractivity (Wildman–Crippen MR) is 114 cm³/mol. The van der Waals surface area contributed by atoms with Gasteiger partial charge in [-0.3, -0.25) is 9.59 Å². The molecule has 0 radical (unpaired) electrons. The number of aryl methyl sites for hydroxylation is 1. The predicted octanol–water partition coefficient (Wildman–Crippen LogP) is 4.40. The van der Waals surface area contributed by atoms with Crippen LogP contribution >= 0.6 is 0 Å². The average molecular weight is 399 g/mol. The number of carbonyl (C=O) groups excluding carboxylic acids is 2. The summed E-state index contributed by atoms with van der Waals surface area (Å²) in [6, 6.07) is 13.6. The van der Waals surface area contributed by atoms with Gasteiger partial charge in [-0.05, 0) is 43.9 Å². The third kappa shape index (κ3) is 6.41. The van der Waals surface area contributed by atoms with E-state index in [0.717, 1.165) is 17.5 Å². The number of hydrogen-bond acceptors (Lipinski definition) is 2. The zero-order valence-electron chi connectivity index (χ0n) is 17.7. The maximum atomic E-state index is 14.1. The lowest BCUT2D eigenvalue weighted by molar-refractivity contribution is -0.141. The van der Waals surface area contributed by atoms with Crippen molar-refractivity contribution in [3.8, 4) is 0 Å². The lowest BCUT2D eigenvalue weighted by Gasteiger charge is -2.31. The highest BCUT2D eigenvalue weighted by Gasteiger charge is 2.29. The summed E-state index contributed by atoms with van der Waals surface area (Å²) in [5, 5.41) is 2.98. The van der Waals surface area contributed by atoms with Crippen molar-refractivity contribution >= 4 is 11.8 Å². The molecule has 0 spiro atoms. The van der Waals surface area contributed by atoms with E-state index in [1.54, 1.807) is 23.1 Å². The summed E-state index contributed by atoms with van der Waals surface area (Å²) < 4.78 is 14.1. The van der Waals surface area contributed by atoms with E-state index in [1.165, 1.54) is 6.07 Å². The average Bonchev–Trinajstić information content (AvgIpc) is 2.69. The molecule has 2 aromatic carbocycles. The molecular formula is C24H31FN2O2. The minimum atomic E-state index is -0.608. The number of carbonyl (C=O) groups is 2. The molecule has 0 aliphatic carbocycles. The Labute approximate surface area is 173 Å². The molecule has 0 heterocycles. The molecule has 2 rings (SSSR count). The van der Waals surface area contributed by atoms with Crippen LogP contribution in [0.4, 0.5) is 4.39 Å². The molecule has 2 atom stereocenters. The molecule has 0 aromatic heterocycles. The lowest BCUT2D eigenvalue weighted by atomic mass is 10.0. The van der Waals surface area contributed by atoms with Crippen LogP contribution in [-0.2, 0) is 22.6 Å². The quantitative estimate of drug-likeness (QED) is 0.681. The fourth-order valence-electron chi connectivity index (χ4n) is 3.27. The summed E-state index contributed by atoms with van der Waals surface area (Å²) in [6.45, 7) is 8.13. The van der Waals surface area contributed by atoms with Gasteiger partial charge in [0.1, 0.15) is 11.9 Å². The molecule has 2 amide bonds. The molecule has 0 saturated heterocycles. The van der Waals surface area contributed by atoms with Gasteiger partial charge in [0.2, 0.25) is 11.8 Å². The largest absolute Gasteiger partial charge is 0.352 e. The third-order valence-corrected chi connectivity index (χ3v) is 5.12. The molecule has 156 valence electrons. The van der Waals surface area contributed by atoms with Crippen LogP contribution in [0.15, 0.2) is 48.5 Å². The van der Waals surface area contributed by atoms with Crippen LogP contribution in [0.25, 0.3) is 0 Å². The topological polar surface area (TPSA) is 49.4 Å². The van der Waals surface area contributed by atoms with E-state index in [0.29, 0.717) is 18.5 Å². The SMILES string of the molecule is CC[C@@H](C)NC(=O)[C@H](CC)N(Cc1cccc(C)c1)C(=O)Cc1ccccc1F. The molecule has 0 aliphatic heterocycles. The Kier molecular flexibility index (Phi) is 8.37. The molecule has 4 nitrogen and oxygen atoms in total. The van der Waals surface area contributed by atoms with Gasteiger partial charge in [-0.2, -0.15) is 0 Å². The van der Waals surface area contributed by atoms with Crippen molar-refractivity contribution in [1.82, 2.24) is 10.2 Å². The third-order valence-electron chi connectivity index (χ3n) is 5.12. The first-order chi connectivity index (χ1) is 13.8. The molecule has 0 bridgehead atoms. The van der Waals surface area contributed by atoms with E-state index in [-0.39, 0.29) is 24.3 Å². The van der Waals surface area contributed by atoms with Crippen LogP contribution in [0.3, 0.4) is 0 Å². The molecule has 0 aliphatic rings. The van der Waals surface area contributed by atoms with Gasteiger partial charge in [0.15, 0.2) is 0 Å². The lowest BCUT2D eigenvalue weighted by Crippen LogP contribution is -2.51. The number of nitrogens with one attached hydrogen (secondary N) is 1. The first-order valence-electron chi connectivity index (χ1n) is 10.2. The zero-order chi connectivity index (χ0) is 21.4. The summed E-state index contributed by atoms with van der Waals surface area (Å²) in [6.07, 6.45) is 1.21. The summed E-state index contributed by atoms with van der Waals surface area (Å²) in [5.41, 5.74) is 2.37. The number of benzene rings is 2. The van der Waals surface area contributed by atoms with E-state index in [1.807, 2.05) is 52.0 Å². The fraction of sp³-hybridized carbons (Fsp3) is 0.417. The van der Waals surface area contributed by atoms with E-state index in [4.69, 9.17) is 0 Å². The van der Waals surface area contributed by atoms with Crippen LogP contribution < -0.4 is 5.32 Å². The molecule has 1 N–H and O–H groups in total. The van der Waals surface area contributed by atoms with Gasteiger partial charge in [-0.1, -0.05) is 61.9 Å².